The van der Waals surface area contributed by atoms with Crippen LogP contribution in [0, 0.1) is 5.92 Å². The second kappa shape index (κ2) is 10.9. The Balaban J connectivity index is 2.03. The Morgan fingerprint density at radius 3 is 2.48 bits per heavy atom. The maximum atomic E-state index is 13.0. The van der Waals surface area contributed by atoms with Crippen molar-refractivity contribution in [1.82, 2.24) is 4.90 Å². The highest BCUT2D eigenvalue weighted by Crippen LogP contribution is 2.40. The number of aliphatic hydroxyl groups is 1. The maximum Gasteiger partial charge on any atom is 0.295 e. The first kappa shape index (κ1) is 24.1. The molecular formula is C27H31NO5. The van der Waals surface area contributed by atoms with Crippen molar-refractivity contribution in [2.75, 3.05) is 19.8 Å². The topological polar surface area (TPSA) is 76.1 Å². The summed E-state index contributed by atoms with van der Waals surface area (Å²) in [6.45, 7) is 11.0. The van der Waals surface area contributed by atoms with Gasteiger partial charge in [0.1, 0.15) is 23.9 Å². The molecule has 33 heavy (non-hydrogen) atoms. The highest BCUT2D eigenvalue weighted by molar-refractivity contribution is 6.46. The minimum Gasteiger partial charge on any atom is -0.507 e. The van der Waals surface area contributed by atoms with Crippen LogP contribution in [0.2, 0.25) is 0 Å². The van der Waals surface area contributed by atoms with E-state index in [-0.39, 0.29) is 11.3 Å². The van der Waals surface area contributed by atoms with E-state index in [0.29, 0.717) is 54.7 Å². The predicted molar refractivity (Wildman–Crippen MR) is 128 cm³/mol. The van der Waals surface area contributed by atoms with Gasteiger partial charge in [0.05, 0.1) is 18.2 Å². The van der Waals surface area contributed by atoms with Gasteiger partial charge in [-0.2, -0.15) is 0 Å². The molecule has 2 aromatic rings. The molecule has 6 heteroatoms. The molecule has 1 aliphatic heterocycles. The monoisotopic (exact) mass is 449 g/mol. The quantitative estimate of drug-likeness (QED) is 0.236. The van der Waals surface area contributed by atoms with E-state index in [1.54, 1.807) is 48.5 Å². The number of hydrogen-bond donors (Lipinski definition) is 1. The molecule has 0 spiro atoms. The van der Waals surface area contributed by atoms with Crippen LogP contribution in [0.25, 0.3) is 5.76 Å². The molecule has 1 N–H and O–H groups in total. The van der Waals surface area contributed by atoms with Crippen LogP contribution in [-0.2, 0) is 9.59 Å². The fraction of sp³-hybridized carbons (Fsp3) is 0.333. The van der Waals surface area contributed by atoms with Crippen LogP contribution < -0.4 is 9.47 Å². The fourth-order valence-corrected chi connectivity index (χ4v) is 3.76. The third-order valence-corrected chi connectivity index (χ3v) is 5.26. The molecular weight excluding hydrogens is 418 g/mol. The van der Waals surface area contributed by atoms with Crippen LogP contribution in [0.4, 0.5) is 0 Å². The van der Waals surface area contributed by atoms with Crippen LogP contribution in [0.3, 0.4) is 0 Å². The molecule has 0 aromatic heterocycles. The second-order valence-electron chi connectivity index (χ2n) is 8.39. The third kappa shape index (κ3) is 5.45. The van der Waals surface area contributed by atoms with Gasteiger partial charge in [-0.25, -0.2) is 0 Å². The lowest BCUT2D eigenvalue weighted by Gasteiger charge is -2.25. The lowest BCUT2D eigenvalue weighted by molar-refractivity contribution is -0.139. The number of aliphatic hydroxyl groups excluding tert-OH is 1. The van der Waals surface area contributed by atoms with Crippen molar-refractivity contribution in [3.8, 4) is 11.5 Å². The van der Waals surface area contributed by atoms with Crippen molar-refractivity contribution >= 4 is 17.4 Å². The Kier molecular flexibility index (Phi) is 7.93. The van der Waals surface area contributed by atoms with Gasteiger partial charge in [0.25, 0.3) is 11.7 Å². The van der Waals surface area contributed by atoms with Gasteiger partial charge in [-0.05, 0) is 54.3 Å². The van der Waals surface area contributed by atoms with Crippen LogP contribution in [-0.4, -0.2) is 41.5 Å². The number of carbonyl (C=O) groups is 2. The molecule has 1 heterocycles. The molecule has 1 atom stereocenters. The molecule has 2 aromatic carbocycles. The van der Waals surface area contributed by atoms with Crippen LogP contribution in [0.5, 0.6) is 11.5 Å². The average Bonchev–Trinajstić information content (AvgIpc) is 3.06. The Hall–Kier alpha value is -3.54. The van der Waals surface area contributed by atoms with Crippen molar-refractivity contribution in [3.05, 3.63) is 77.9 Å². The van der Waals surface area contributed by atoms with E-state index in [1.807, 2.05) is 13.0 Å². The normalized spacial score (nSPS) is 17.5. The number of amides is 1. The molecule has 0 saturated carbocycles. The van der Waals surface area contributed by atoms with E-state index in [9.17, 15) is 14.7 Å². The summed E-state index contributed by atoms with van der Waals surface area (Å²) in [6.07, 6.45) is 2.32. The molecule has 0 radical (unpaired) electrons. The second-order valence-corrected chi connectivity index (χ2v) is 8.39. The number of likely N-dealkylation sites (tertiary alicyclic amines) is 1. The van der Waals surface area contributed by atoms with Crippen molar-refractivity contribution in [2.45, 2.75) is 33.2 Å². The van der Waals surface area contributed by atoms with Gasteiger partial charge in [0.15, 0.2) is 0 Å². The molecule has 0 aliphatic carbocycles. The van der Waals surface area contributed by atoms with E-state index >= 15 is 0 Å². The van der Waals surface area contributed by atoms with Gasteiger partial charge < -0.3 is 19.5 Å². The third-order valence-electron chi connectivity index (χ3n) is 5.26. The molecule has 0 bridgehead atoms. The summed E-state index contributed by atoms with van der Waals surface area (Å²) in [5, 5.41) is 11.1. The Morgan fingerprint density at radius 2 is 1.85 bits per heavy atom. The molecule has 6 nitrogen and oxygen atoms in total. The number of ether oxygens (including phenoxy) is 2. The molecule has 1 aliphatic rings. The van der Waals surface area contributed by atoms with E-state index in [2.05, 4.69) is 20.4 Å². The zero-order valence-electron chi connectivity index (χ0n) is 19.4. The number of Topliss-reactive ketones (excluding diaryl/α,β-unsaturated/α-hetero) is 1. The first-order valence-electron chi connectivity index (χ1n) is 11.2. The first-order chi connectivity index (χ1) is 15.9. The molecule has 1 amide bonds. The fourth-order valence-electron chi connectivity index (χ4n) is 3.76. The number of nitrogens with zero attached hydrogens (tertiary/aromatic N) is 1. The van der Waals surface area contributed by atoms with Crippen LogP contribution in [0.15, 0.2) is 66.8 Å². The number of benzene rings is 2. The average molecular weight is 450 g/mol. The van der Waals surface area contributed by atoms with Crippen LogP contribution in [0.1, 0.15) is 44.4 Å². The van der Waals surface area contributed by atoms with Gasteiger partial charge in [-0.1, -0.05) is 45.6 Å². The van der Waals surface area contributed by atoms with Gasteiger partial charge in [0, 0.05) is 12.1 Å². The highest BCUT2D eigenvalue weighted by Gasteiger charge is 2.45. The number of rotatable bonds is 10. The SMILES string of the molecule is C=CCOc1cccc(C2/C(=C(/O)c3ccc(OCC(C)C)cc3)C(=O)C(=O)N2CCC)c1. The zero-order chi connectivity index (χ0) is 24.0. The van der Waals surface area contributed by atoms with E-state index < -0.39 is 17.7 Å². The molecule has 174 valence electrons. The van der Waals surface area contributed by atoms with E-state index in [4.69, 9.17) is 9.47 Å². The largest absolute Gasteiger partial charge is 0.507 e. The summed E-state index contributed by atoms with van der Waals surface area (Å²) in [6, 6.07) is 13.4. The van der Waals surface area contributed by atoms with E-state index in [0.717, 1.165) is 0 Å². The van der Waals surface area contributed by atoms with Gasteiger partial charge >= 0.3 is 0 Å². The van der Waals surface area contributed by atoms with Gasteiger partial charge in [-0.3, -0.25) is 9.59 Å². The van der Waals surface area contributed by atoms with E-state index in [1.165, 1.54) is 4.90 Å². The number of carbonyl (C=O) groups excluding carboxylic acids is 2. The summed E-state index contributed by atoms with van der Waals surface area (Å²) in [7, 11) is 0. The highest BCUT2D eigenvalue weighted by atomic mass is 16.5. The smallest absolute Gasteiger partial charge is 0.295 e. The summed E-state index contributed by atoms with van der Waals surface area (Å²) in [5.74, 6) is 0.154. The van der Waals surface area contributed by atoms with Gasteiger partial charge in [-0.15, -0.1) is 0 Å². The first-order valence-corrected chi connectivity index (χ1v) is 11.2. The van der Waals surface area contributed by atoms with Crippen molar-refractivity contribution < 1.29 is 24.2 Å². The summed E-state index contributed by atoms with van der Waals surface area (Å²) in [4.78, 5) is 27.4. The summed E-state index contributed by atoms with van der Waals surface area (Å²) >= 11 is 0. The van der Waals surface area contributed by atoms with Crippen molar-refractivity contribution in [1.29, 1.82) is 0 Å². The number of hydrogen-bond acceptors (Lipinski definition) is 5. The molecule has 1 fully saturated rings. The standard InChI is InChI=1S/C27H31NO5/c1-5-14-28-24(20-8-7-9-22(16-20)32-15-6-2)23(26(30)27(28)31)25(29)19-10-12-21(13-11-19)33-17-18(3)4/h6-13,16,18,24,29H,2,5,14-15,17H2,1,3-4H3/b25-23-. The lowest BCUT2D eigenvalue weighted by atomic mass is 9.95. The Labute approximate surface area is 195 Å². The molecule has 1 saturated heterocycles. The Bertz CT molecular complexity index is 1040. The lowest BCUT2D eigenvalue weighted by Crippen LogP contribution is -2.30. The zero-order valence-corrected chi connectivity index (χ0v) is 19.4. The molecule has 3 rings (SSSR count). The minimum atomic E-state index is -0.700. The summed E-state index contributed by atoms with van der Waals surface area (Å²) in [5.41, 5.74) is 1.22. The predicted octanol–water partition coefficient (Wildman–Crippen LogP) is 5.12. The van der Waals surface area contributed by atoms with Crippen LogP contribution >= 0.6 is 0 Å². The Morgan fingerprint density at radius 1 is 1.12 bits per heavy atom. The van der Waals surface area contributed by atoms with Crippen molar-refractivity contribution in [2.24, 2.45) is 5.92 Å². The minimum absolute atomic E-state index is 0.0742. The maximum absolute atomic E-state index is 13.0. The summed E-state index contributed by atoms with van der Waals surface area (Å²) < 4.78 is 11.3. The molecule has 1 unspecified atom stereocenters. The van der Waals surface area contributed by atoms with Crippen molar-refractivity contribution in [3.63, 3.8) is 0 Å². The number of ketones is 1. The van der Waals surface area contributed by atoms with Gasteiger partial charge in [0.2, 0.25) is 0 Å².